The van der Waals surface area contributed by atoms with Gasteiger partial charge in [-0.15, -0.1) is 0 Å². The number of ether oxygens (including phenoxy) is 2. The Morgan fingerprint density at radius 1 is 1.03 bits per heavy atom. The van der Waals surface area contributed by atoms with Crippen molar-refractivity contribution in [3.63, 3.8) is 0 Å². The first-order valence-corrected chi connectivity index (χ1v) is 12.4. The Kier molecular flexibility index (Phi) is 9.52. The van der Waals surface area contributed by atoms with Gasteiger partial charge in [0.25, 0.3) is 0 Å². The molecule has 0 bridgehead atoms. The molecule has 0 atom stereocenters. The summed E-state index contributed by atoms with van der Waals surface area (Å²) in [4.78, 5) is 24.0. The van der Waals surface area contributed by atoms with Crippen molar-refractivity contribution in [1.29, 1.82) is 0 Å². The molecule has 2 N–H and O–H groups in total. The molecule has 0 unspecified atom stereocenters. The van der Waals surface area contributed by atoms with E-state index in [-0.39, 0.29) is 6.61 Å². The van der Waals surface area contributed by atoms with Crippen LogP contribution in [0.25, 0.3) is 0 Å². The number of halogens is 4. The number of rotatable bonds is 7. The van der Waals surface area contributed by atoms with Crippen LogP contribution in [0, 0.1) is 0 Å². The molecular weight excluding hydrogens is 657 g/mol. The van der Waals surface area contributed by atoms with Gasteiger partial charge in [-0.05, 0) is 86.0 Å². The SMILES string of the molecule is COc1ccc(/C=N/NC(=O)C(=O)Nc2cccc(Cl)c2)cc1COc1c(Br)cc(Br)cc1Br. The van der Waals surface area contributed by atoms with E-state index in [2.05, 4.69) is 63.6 Å². The molecule has 0 aromatic heterocycles. The zero-order valence-corrected chi connectivity index (χ0v) is 23.1. The number of amides is 2. The Labute approximate surface area is 226 Å². The Hall–Kier alpha value is -2.40. The van der Waals surface area contributed by atoms with Crippen LogP contribution < -0.4 is 20.2 Å². The zero-order valence-electron chi connectivity index (χ0n) is 17.6. The Morgan fingerprint density at radius 2 is 1.76 bits per heavy atom. The Bertz CT molecular complexity index is 1230. The highest BCUT2D eigenvalue weighted by Gasteiger charge is 2.14. The second-order valence-electron chi connectivity index (χ2n) is 6.72. The van der Waals surface area contributed by atoms with Gasteiger partial charge in [0, 0.05) is 20.7 Å². The lowest BCUT2D eigenvalue weighted by Crippen LogP contribution is -2.32. The second-order valence-corrected chi connectivity index (χ2v) is 9.78. The van der Waals surface area contributed by atoms with Crippen molar-refractivity contribution >= 4 is 83.1 Å². The van der Waals surface area contributed by atoms with E-state index in [1.807, 2.05) is 12.1 Å². The smallest absolute Gasteiger partial charge is 0.329 e. The molecule has 3 aromatic rings. The van der Waals surface area contributed by atoms with E-state index in [0.29, 0.717) is 27.8 Å². The maximum atomic E-state index is 12.0. The van der Waals surface area contributed by atoms with Crippen LogP contribution in [0.1, 0.15) is 11.1 Å². The first-order valence-electron chi connectivity index (χ1n) is 9.61. The van der Waals surface area contributed by atoms with Gasteiger partial charge >= 0.3 is 11.8 Å². The number of hydrogen-bond donors (Lipinski definition) is 2. The van der Waals surface area contributed by atoms with Crippen molar-refractivity contribution in [3.8, 4) is 11.5 Å². The first kappa shape index (κ1) is 26.2. The third-order valence-electron chi connectivity index (χ3n) is 4.31. The summed E-state index contributed by atoms with van der Waals surface area (Å²) < 4.78 is 13.9. The molecule has 0 saturated carbocycles. The highest BCUT2D eigenvalue weighted by atomic mass is 79.9. The number of hydrazone groups is 1. The molecular formula is C23H17Br3ClN3O4. The Balaban J connectivity index is 1.64. The summed E-state index contributed by atoms with van der Waals surface area (Å²) >= 11 is 16.3. The molecule has 0 spiro atoms. The fourth-order valence-corrected chi connectivity index (χ4v) is 5.46. The van der Waals surface area contributed by atoms with E-state index in [0.717, 1.165) is 19.0 Å². The van der Waals surface area contributed by atoms with Crippen LogP contribution in [0.5, 0.6) is 11.5 Å². The van der Waals surface area contributed by atoms with Crippen molar-refractivity contribution in [2.75, 3.05) is 12.4 Å². The minimum absolute atomic E-state index is 0.220. The van der Waals surface area contributed by atoms with Crippen molar-refractivity contribution < 1.29 is 19.1 Å². The van der Waals surface area contributed by atoms with Crippen LogP contribution in [0.4, 0.5) is 5.69 Å². The maximum absolute atomic E-state index is 12.0. The van der Waals surface area contributed by atoms with Gasteiger partial charge in [-0.1, -0.05) is 33.6 Å². The molecule has 3 rings (SSSR count). The average molecular weight is 675 g/mol. The van der Waals surface area contributed by atoms with Crippen LogP contribution >= 0.6 is 59.4 Å². The molecule has 34 heavy (non-hydrogen) atoms. The van der Waals surface area contributed by atoms with Crippen molar-refractivity contribution in [3.05, 3.63) is 84.2 Å². The lowest BCUT2D eigenvalue weighted by atomic mass is 10.1. The fraction of sp³-hybridized carbons (Fsp3) is 0.0870. The van der Waals surface area contributed by atoms with E-state index >= 15 is 0 Å². The van der Waals surface area contributed by atoms with Crippen LogP contribution in [-0.4, -0.2) is 25.1 Å². The van der Waals surface area contributed by atoms with Crippen LogP contribution in [0.3, 0.4) is 0 Å². The van der Waals surface area contributed by atoms with Gasteiger partial charge in [0.1, 0.15) is 18.1 Å². The van der Waals surface area contributed by atoms with Gasteiger partial charge < -0.3 is 14.8 Å². The summed E-state index contributed by atoms with van der Waals surface area (Å²) in [5.41, 5.74) is 4.03. The van der Waals surface area contributed by atoms with Crippen molar-refractivity contribution in [1.82, 2.24) is 5.43 Å². The number of hydrogen-bond acceptors (Lipinski definition) is 5. The molecule has 7 nitrogen and oxygen atoms in total. The number of carbonyl (C=O) groups excluding carboxylic acids is 2. The molecule has 3 aromatic carbocycles. The molecule has 0 heterocycles. The third-order valence-corrected chi connectivity index (χ3v) is 6.18. The normalized spacial score (nSPS) is 10.7. The number of anilines is 1. The largest absolute Gasteiger partial charge is 0.496 e. The standard InChI is InChI=1S/C23H17Br3ClN3O4/c1-33-20-6-5-13(7-14(20)12-34-21-18(25)8-15(24)9-19(21)26)11-28-30-23(32)22(31)29-17-4-2-3-16(27)10-17/h2-11H,12H2,1H3,(H,29,31)(H,30,32)/b28-11+. The molecule has 0 aliphatic heterocycles. The molecule has 0 aliphatic carbocycles. The van der Waals surface area contributed by atoms with Gasteiger partial charge in [0.2, 0.25) is 0 Å². The highest BCUT2D eigenvalue weighted by molar-refractivity contribution is 9.11. The number of benzene rings is 3. The number of methoxy groups -OCH3 is 1. The van der Waals surface area contributed by atoms with Gasteiger partial charge in [-0.2, -0.15) is 5.10 Å². The summed E-state index contributed by atoms with van der Waals surface area (Å²) in [7, 11) is 1.57. The highest BCUT2D eigenvalue weighted by Crippen LogP contribution is 2.37. The van der Waals surface area contributed by atoms with Gasteiger partial charge in [0.05, 0.1) is 22.3 Å². The quantitative estimate of drug-likeness (QED) is 0.175. The first-order chi connectivity index (χ1) is 16.3. The van der Waals surface area contributed by atoms with Crippen LogP contribution in [0.2, 0.25) is 5.02 Å². The fourth-order valence-electron chi connectivity index (χ4n) is 2.78. The van der Waals surface area contributed by atoms with Gasteiger partial charge in [-0.3, -0.25) is 9.59 Å². The molecule has 0 fully saturated rings. The molecule has 2 amide bonds. The monoisotopic (exact) mass is 671 g/mol. The average Bonchev–Trinajstić information content (AvgIpc) is 2.78. The summed E-state index contributed by atoms with van der Waals surface area (Å²) in [5, 5.41) is 6.75. The zero-order chi connectivity index (χ0) is 24.7. The van der Waals surface area contributed by atoms with E-state index in [4.69, 9.17) is 21.1 Å². The number of carbonyl (C=O) groups is 2. The lowest BCUT2D eigenvalue weighted by molar-refractivity contribution is -0.136. The maximum Gasteiger partial charge on any atom is 0.329 e. The number of nitrogens with one attached hydrogen (secondary N) is 2. The summed E-state index contributed by atoms with van der Waals surface area (Å²) in [6.45, 7) is 0.220. The minimum atomic E-state index is -0.918. The topological polar surface area (TPSA) is 89.0 Å². The van der Waals surface area contributed by atoms with E-state index < -0.39 is 11.8 Å². The van der Waals surface area contributed by atoms with Crippen molar-refractivity contribution in [2.24, 2.45) is 5.10 Å². The second kappa shape index (κ2) is 12.3. The third kappa shape index (κ3) is 7.30. The van der Waals surface area contributed by atoms with Gasteiger partial charge in [0.15, 0.2) is 0 Å². The van der Waals surface area contributed by atoms with Crippen LogP contribution in [0.15, 0.2) is 73.1 Å². The summed E-state index contributed by atoms with van der Waals surface area (Å²) in [5.74, 6) is -0.513. The van der Waals surface area contributed by atoms with E-state index in [1.54, 1.807) is 43.5 Å². The number of nitrogens with zero attached hydrogens (tertiary/aromatic N) is 1. The van der Waals surface area contributed by atoms with E-state index in [1.165, 1.54) is 12.3 Å². The minimum Gasteiger partial charge on any atom is -0.496 e. The molecule has 0 saturated heterocycles. The summed E-state index contributed by atoms with van der Waals surface area (Å²) in [6.07, 6.45) is 1.42. The summed E-state index contributed by atoms with van der Waals surface area (Å²) in [6, 6.07) is 15.6. The van der Waals surface area contributed by atoms with Crippen LogP contribution in [-0.2, 0) is 16.2 Å². The van der Waals surface area contributed by atoms with Gasteiger partial charge in [-0.25, -0.2) is 5.43 Å². The van der Waals surface area contributed by atoms with E-state index in [9.17, 15) is 9.59 Å². The predicted molar refractivity (Wildman–Crippen MR) is 143 cm³/mol. The lowest BCUT2D eigenvalue weighted by Gasteiger charge is -2.13. The molecule has 0 aliphatic rings. The van der Waals surface area contributed by atoms with Crippen molar-refractivity contribution in [2.45, 2.75) is 6.61 Å². The molecule has 11 heteroatoms. The molecule has 0 radical (unpaired) electrons. The molecule has 176 valence electrons. The predicted octanol–water partition coefficient (Wildman–Crippen LogP) is 6.30. The Morgan fingerprint density at radius 3 is 2.44 bits per heavy atom.